The van der Waals surface area contributed by atoms with Gasteiger partial charge < -0.3 is 15.6 Å². The minimum atomic E-state index is -0.0659. The Bertz CT molecular complexity index is 279. The molecule has 0 aliphatic heterocycles. The largest absolute Gasteiger partial charge is 0.495 e. The Morgan fingerprint density at radius 3 is 3.07 bits per heavy atom. The van der Waals surface area contributed by atoms with E-state index in [0.717, 1.165) is 11.4 Å². The molecule has 1 aromatic rings. The van der Waals surface area contributed by atoms with Crippen LogP contribution in [0.25, 0.3) is 0 Å². The highest BCUT2D eigenvalue weighted by Crippen LogP contribution is 2.16. The van der Waals surface area contributed by atoms with E-state index in [1.54, 1.807) is 13.3 Å². The van der Waals surface area contributed by atoms with Crippen molar-refractivity contribution in [2.45, 2.75) is 18.9 Å². The molecule has 3 N–H and O–H groups in total. The van der Waals surface area contributed by atoms with Gasteiger partial charge in [-0.25, -0.2) is 0 Å². The van der Waals surface area contributed by atoms with Crippen LogP contribution in [0.1, 0.15) is 12.1 Å². The fourth-order valence-electron chi connectivity index (χ4n) is 1.28. The number of nitrogens with two attached hydrogens (primary N) is 1. The molecule has 1 heterocycles. The molecule has 0 saturated carbocycles. The molecule has 0 aromatic carbocycles. The Morgan fingerprint density at radius 1 is 1.64 bits per heavy atom. The van der Waals surface area contributed by atoms with Gasteiger partial charge in [-0.15, -0.1) is 0 Å². The van der Waals surface area contributed by atoms with E-state index < -0.39 is 0 Å². The molecule has 1 rings (SSSR count). The van der Waals surface area contributed by atoms with Gasteiger partial charge in [0.25, 0.3) is 0 Å². The lowest BCUT2D eigenvalue weighted by Gasteiger charge is -2.11. The number of hydrogen-bond acceptors (Lipinski definition) is 4. The molecule has 0 saturated heterocycles. The quantitative estimate of drug-likeness (QED) is 0.712. The molecule has 0 amide bonds. The molecular formula is C10H16N2O2. The van der Waals surface area contributed by atoms with Crippen molar-refractivity contribution in [3.05, 3.63) is 24.0 Å². The summed E-state index contributed by atoms with van der Waals surface area (Å²) in [4.78, 5) is 4.19. The van der Waals surface area contributed by atoms with Crippen LogP contribution in [0.15, 0.2) is 18.3 Å². The van der Waals surface area contributed by atoms with Crippen LogP contribution in [0.5, 0.6) is 5.75 Å². The summed E-state index contributed by atoms with van der Waals surface area (Å²) >= 11 is 0. The summed E-state index contributed by atoms with van der Waals surface area (Å²) in [6, 6.07) is 3.61. The van der Waals surface area contributed by atoms with Gasteiger partial charge in [0.05, 0.1) is 12.8 Å². The molecule has 0 aliphatic rings. The summed E-state index contributed by atoms with van der Waals surface area (Å²) < 4.78 is 5.14. The maximum atomic E-state index is 8.71. The zero-order chi connectivity index (χ0) is 10.4. The number of aliphatic hydroxyl groups excluding tert-OH is 1. The fraction of sp³-hybridized carbons (Fsp3) is 0.500. The molecule has 0 fully saturated rings. The summed E-state index contributed by atoms with van der Waals surface area (Å²) in [5.74, 6) is 0.751. The SMILES string of the molecule is COc1cccnc1C[C@@H](N)CCO. The lowest BCUT2D eigenvalue weighted by molar-refractivity contribution is 0.274. The smallest absolute Gasteiger partial charge is 0.140 e. The lowest BCUT2D eigenvalue weighted by atomic mass is 10.1. The number of aliphatic hydroxyl groups is 1. The molecule has 0 radical (unpaired) electrons. The zero-order valence-electron chi connectivity index (χ0n) is 8.31. The monoisotopic (exact) mass is 196 g/mol. The van der Waals surface area contributed by atoms with Gasteiger partial charge in [-0.3, -0.25) is 4.98 Å². The van der Waals surface area contributed by atoms with Crippen molar-refractivity contribution in [2.24, 2.45) is 5.73 Å². The average Bonchev–Trinajstić information content (AvgIpc) is 2.19. The molecule has 0 spiro atoms. The molecule has 4 heteroatoms. The molecule has 1 atom stereocenters. The molecule has 14 heavy (non-hydrogen) atoms. The van der Waals surface area contributed by atoms with E-state index in [2.05, 4.69) is 4.98 Å². The van der Waals surface area contributed by atoms with Crippen LogP contribution in [0, 0.1) is 0 Å². The minimum absolute atomic E-state index is 0.0659. The van der Waals surface area contributed by atoms with E-state index >= 15 is 0 Å². The highest BCUT2D eigenvalue weighted by Gasteiger charge is 2.08. The summed E-state index contributed by atoms with van der Waals surface area (Å²) in [6.45, 7) is 0.107. The number of aromatic nitrogens is 1. The van der Waals surface area contributed by atoms with E-state index in [0.29, 0.717) is 12.8 Å². The van der Waals surface area contributed by atoms with E-state index in [4.69, 9.17) is 15.6 Å². The van der Waals surface area contributed by atoms with Crippen molar-refractivity contribution in [2.75, 3.05) is 13.7 Å². The Balaban J connectivity index is 2.65. The van der Waals surface area contributed by atoms with Crippen molar-refractivity contribution in [3.63, 3.8) is 0 Å². The van der Waals surface area contributed by atoms with Gasteiger partial charge in [0, 0.05) is 25.3 Å². The predicted octanol–water partition coefficient (Wildman–Crippen LogP) is 0.342. The van der Waals surface area contributed by atoms with E-state index in [1.807, 2.05) is 12.1 Å². The van der Waals surface area contributed by atoms with Crippen molar-refractivity contribution in [3.8, 4) is 5.75 Å². The van der Waals surface area contributed by atoms with Crippen LogP contribution < -0.4 is 10.5 Å². The van der Waals surface area contributed by atoms with Crippen molar-refractivity contribution in [1.29, 1.82) is 0 Å². The van der Waals surface area contributed by atoms with Crippen LogP contribution in [0.4, 0.5) is 0 Å². The fourth-order valence-corrected chi connectivity index (χ4v) is 1.28. The number of pyridine rings is 1. The second-order valence-corrected chi connectivity index (χ2v) is 3.13. The summed E-state index contributed by atoms with van der Waals surface area (Å²) in [7, 11) is 1.61. The third-order valence-electron chi connectivity index (χ3n) is 2.02. The van der Waals surface area contributed by atoms with Crippen LogP contribution in [-0.4, -0.2) is 29.8 Å². The van der Waals surface area contributed by atoms with Gasteiger partial charge in [-0.2, -0.15) is 0 Å². The van der Waals surface area contributed by atoms with Crippen LogP contribution in [0.3, 0.4) is 0 Å². The third kappa shape index (κ3) is 2.97. The first kappa shape index (κ1) is 10.9. The summed E-state index contributed by atoms with van der Waals surface area (Å²) in [5, 5.41) is 8.71. The molecular weight excluding hydrogens is 180 g/mol. The first-order chi connectivity index (χ1) is 6.77. The van der Waals surface area contributed by atoms with E-state index in [1.165, 1.54) is 0 Å². The highest BCUT2D eigenvalue weighted by molar-refractivity contribution is 5.27. The Morgan fingerprint density at radius 2 is 2.43 bits per heavy atom. The maximum absolute atomic E-state index is 8.71. The molecule has 4 nitrogen and oxygen atoms in total. The summed E-state index contributed by atoms with van der Waals surface area (Å²) in [6.07, 6.45) is 2.92. The third-order valence-corrected chi connectivity index (χ3v) is 2.02. The van der Waals surface area contributed by atoms with Crippen molar-refractivity contribution < 1.29 is 9.84 Å². The van der Waals surface area contributed by atoms with Crippen molar-refractivity contribution in [1.82, 2.24) is 4.98 Å². The second kappa shape index (κ2) is 5.57. The normalized spacial score (nSPS) is 12.5. The van der Waals surface area contributed by atoms with Crippen LogP contribution in [0.2, 0.25) is 0 Å². The van der Waals surface area contributed by atoms with Crippen LogP contribution >= 0.6 is 0 Å². The zero-order valence-corrected chi connectivity index (χ0v) is 8.31. The average molecular weight is 196 g/mol. The Kier molecular flexibility index (Phi) is 4.35. The summed E-state index contributed by atoms with van der Waals surface area (Å²) in [5.41, 5.74) is 6.63. The molecule has 78 valence electrons. The van der Waals surface area contributed by atoms with Gasteiger partial charge in [0.15, 0.2) is 0 Å². The minimum Gasteiger partial charge on any atom is -0.495 e. The van der Waals surface area contributed by atoms with E-state index in [-0.39, 0.29) is 12.6 Å². The molecule has 1 aromatic heterocycles. The molecule has 0 bridgehead atoms. The van der Waals surface area contributed by atoms with Crippen LogP contribution in [-0.2, 0) is 6.42 Å². The molecule has 0 aliphatic carbocycles. The number of hydrogen-bond donors (Lipinski definition) is 2. The van der Waals surface area contributed by atoms with Gasteiger partial charge in [0.2, 0.25) is 0 Å². The maximum Gasteiger partial charge on any atom is 0.140 e. The van der Waals surface area contributed by atoms with Gasteiger partial charge in [0.1, 0.15) is 5.75 Å². The predicted molar refractivity (Wildman–Crippen MR) is 54.2 cm³/mol. The number of rotatable bonds is 5. The number of nitrogens with zero attached hydrogens (tertiary/aromatic N) is 1. The number of methoxy groups -OCH3 is 1. The van der Waals surface area contributed by atoms with Gasteiger partial charge in [-0.1, -0.05) is 0 Å². The Hall–Kier alpha value is -1.13. The molecule has 0 unspecified atom stereocenters. The number of ether oxygens (including phenoxy) is 1. The standard InChI is InChI=1S/C10H16N2O2/c1-14-10-3-2-5-12-9(10)7-8(11)4-6-13/h2-3,5,8,13H,4,6-7,11H2,1H3/t8-/m0/s1. The highest BCUT2D eigenvalue weighted by atomic mass is 16.5. The topological polar surface area (TPSA) is 68.4 Å². The first-order valence-electron chi connectivity index (χ1n) is 4.62. The lowest BCUT2D eigenvalue weighted by Crippen LogP contribution is -2.24. The van der Waals surface area contributed by atoms with Crippen molar-refractivity contribution >= 4 is 0 Å². The van der Waals surface area contributed by atoms with Gasteiger partial charge >= 0.3 is 0 Å². The first-order valence-corrected chi connectivity index (χ1v) is 4.62. The second-order valence-electron chi connectivity index (χ2n) is 3.13. The Labute approximate surface area is 83.7 Å². The van der Waals surface area contributed by atoms with Gasteiger partial charge in [-0.05, 0) is 18.6 Å². The van der Waals surface area contributed by atoms with E-state index in [9.17, 15) is 0 Å².